The van der Waals surface area contributed by atoms with Gasteiger partial charge in [0.15, 0.2) is 0 Å². The van der Waals surface area contributed by atoms with Crippen LogP contribution >= 0.6 is 0 Å². The number of nitrogens with zero attached hydrogens (tertiary/aromatic N) is 1. The van der Waals surface area contributed by atoms with Crippen molar-refractivity contribution >= 4 is 10.0 Å². The summed E-state index contributed by atoms with van der Waals surface area (Å²) >= 11 is 0. The van der Waals surface area contributed by atoms with Gasteiger partial charge in [0.25, 0.3) is 0 Å². The zero-order chi connectivity index (χ0) is 16.6. The van der Waals surface area contributed by atoms with Crippen LogP contribution in [-0.4, -0.2) is 31.9 Å². The van der Waals surface area contributed by atoms with Crippen LogP contribution in [0.2, 0.25) is 0 Å². The van der Waals surface area contributed by atoms with Crippen LogP contribution in [0.4, 0.5) is 0 Å². The predicted molar refractivity (Wildman–Crippen MR) is 92.5 cm³/mol. The van der Waals surface area contributed by atoms with E-state index in [-0.39, 0.29) is 6.04 Å². The highest BCUT2D eigenvalue weighted by Crippen LogP contribution is 2.39. The number of nitrogens with two attached hydrogens (primary N) is 1. The number of hydrogen-bond donors (Lipinski definition) is 1. The van der Waals surface area contributed by atoms with Crippen LogP contribution < -0.4 is 5.73 Å². The molecule has 5 heteroatoms. The maximum Gasteiger partial charge on any atom is 0.243 e. The summed E-state index contributed by atoms with van der Waals surface area (Å²) in [7, 11) is -3.37. The quantitative estimate of drug-likeness (QED) is 0.899. The maximum atomic E-state index is 12.8. The number of aryl methyl sites for hydroxylation is 1. The SMILES string of the molecule is CC(C)CCc1ccc(S(=O)(=O)N2CC3CCC(N)C3C2)cc1. The minimum atomic E-state index is -3.37. The zero-order valence-electron chi connectivity index (χ0n) is 14.1. The van der Waals surface area contributed by atoms with E-state index < -0.39 is 10.0 Å². The lowest BCUT2D eigenvalue weighted by Crippen LogP contribution is -2.33. The van der Waals surface area contributed by atoms with Gasteiger partial charge in [-0.25, -0.2) is 8.42 Å². The molecule has 3 rings (SSSR count). The Hall–Kier alpha value is -0.910. The van der Waals surface area contributed by atoms with E-state index in [4.69, 9.17) is 5.73 Å². The Labute approximate surface area is 140 Å². The second-order valence-electron chi connectivity index (χ2n) is 7.56. The molecule has 128 valence electrons. The van der Waals surface area contributed by atoms with Crippen molar-refractivity contribution in [3.63, 3.8) is 0 Å². The van der Waals surface area contributed by atoms with E-state index in [0.29, 0.717) is 35.7 Å². The van der Waals surface area contributed by atoms with Crippen molar-refractivity contribution in [3.05, 3.63) is 29.8 Å². The molecule has 0 amide bonds. The molecule has 3 unspecified atom stereocenters. The third kappa shape index (κ3) is 3.47. The molecular weight excluding hydrogens is 308 g/mol. The molecule has 23 heavy (non-hydrogen) atoms. The minimum absolute atomic E-state index is 0.165. The first-order chi connectivity index (χ1) is 10.9. The lowest BCUT2D eigenvalue weighted by Gasteiger charge is -2.19. The molecule has 4 nitrogen and oxygen atoms in total. The van der Waals surface area contributed by atoms with Gasteiger partial charge in [-0.15, -0.1) is 0 Å². The summed E-state index contributed by atoms with van der Waals surface area (Å²) in [5.74, 6) is 1.45. The fraction of sp³-hybridized carbons (Fsp3) is 0.667. The molecule has 2 aliphatic rings. The van der Waals surface area contributed by atoms with Crippen LogP contribution in [-0.2, 0) is 16.4 Å². The highest BCUT2D eigenvalue weighted by atomic mass is 32.2. The third-order valence-electron chi connectivity index (χ3n) is 5.45. The molecule has 0 aromatic heterocycles. The van der Waals surface area contributed by atoms with Gasteiger partial charge < -0.3 is 5.73 Å². The Bertz CT molecular complexity index is 639. The maximum absolute atomic E-state index is 12.8. The summed E-state index contributed by atoms with van der Waals surface area (Å²) in [5.41, 5.74) is 7.33. The highest BCUT2D eigenvalue weighted by molar-refractivity contribution is 7.89. The van der Waals surface area contributed by atoms with Gasteiger partial charge in [-0.05, 0) is 61.1 Å². The van der Waals surface area contributed by atoms with Gasteiger partial charge in [0.1, 0.15) is 0 Å². The van der Waals surface area contributed by atoms with Crippen LogP contribution in [0.3, 0.4) is 0 Å². The lowest BCUT2D eigenvalue weighted by atomic mass is 9.98. The number of rotatable bonds is 5. The van der Waals surface area contributed by atoms with E-state index in [2.05, 4.69) is 13.8 Å². The van der Waals surface area contributed by atoms with Crippen molar-refractivity contribution in [2.24, 2.45) is 23.5 Å². The van der Waals surface area contributed by atoms with Gasteiger partial charge in [0.05, 0.1) is 4.90 Å². The minimum Gasteiger partial charge on any atom is -0.327 e. The van der Waals surface area contributed by atoms with Gasteiger partial charge in [-0.2, -0.15) is 4.31 Å². The van der Waals surface area contributed by atoms with E-state index in [1.54, 1.807) is 16.4 Å². The van der Waals surface area contributed by atoms with Gasteiger partial charge in [-0.1, -0.05) is 26.0 Å². The first kappa shape index (κ1) is 16.9. The summed E-state index contributed by atoms with van der Waals surface area (Å²) in [6.07, 6.45) is 4.22. The predicted octanol–water partition coefficient (Wildman–Crippen LogP) is 2.63. The molecule has 3 atom stereocenters. The molecule has 1 aromatic rings. The molecule has 2 N–H and O–H groups in total. The van der Waals surface area contributed by atoms with Crippen molar-refractivity contribution in [3.8, 4) is 0 Å². The van der Waals surface area contributed by atoms with E-state index in [0.717, 1.165) is 25.7 Å². The van der Waals surface area contributed by atoms with Gasteiger partial charge in [0, 0.05) is 19.1 Å². The number of fused-ring (bicyclic) bond motifs is 1. The summed E-state index contributed by atoms with van der Waals surface area (Å²) in [6.45, 7) is 5.63. The van der Waals surface area contributed by atoms with Crippen molar-refractivity contribution in [1.82, 2.24) is 4.31 Å². The van der Waals surface area contributed by atoms with E-state index in [9.17, 15) is 8.42 Å². The molecule has 1 aliphatic heterocycles. The first-order valence-electron chi connectivity index (χ1n) is 8.72. The van der Waals surface area contributed by atoms with Gasteiger partial charge in [-0.3, -0.25) is 0 Å². The summed E-state index contributed by atoms with van der Waals surface area (Å²) < 4.78 is 27.3. The average Bonchev–Trinajstić information content (AvgIpc) is 3.09. The summed E-state index contributed by atoms with van der Waals surface area (Å²) in [5, 5.41) is 0. The summed E-state index contributed by atoms with van der Waals surface area (Å²) in [6, 6.07) is 7.60. The first-order valence-corrected chi connectivity index (χ1v) is 10.2. The lowest BCUT2D eigenvalue weighted by molar-refractivity contribution is 0.427. The Morgan fingerprint density at radius 2 is 1.87 bits per heavy atom. The van der Waals surface area contributed by atoms with Crippen molar-refractivity contribution in [1.29, 1.82) is 0 Å². The van der Waals surface area contributed by atoms with Gasteiger partial charge in [0.2, 0.25) is 10.0 Å². The number of benzene rings is 1. The van der Waals surface area contributed by atoms with Crippen LogP contribution in [0.25, 0.3) is 0 Å². The molecule has 1 saturated heterocycles. The second-order valence-corrected chi connectivity index (χ2v) is 9.50. The average molecular weight is 337 g/mol. The monoisotopic (exact) mass is 336 g/mol. The van der Waals surface area contributed by atoms with Crippen LogP contribution in [0.15, 0.2) is 29.2 Å². The largest absolute Gasteiger partial charge is 0.327 e. The molecule has 1 aliphatic carbocycles. The third-order valence-corrected chi connectivity index (χ3v) is 7.30. The fourth-order valence-electron chi connectivity index (χ4n) is 3.90. The van der Waals surface area contributed by atoms with Crippen molar-refractivity contribution in [2.75, 3.05) is 13.1 Å². The number of hydrogen-bond acceptors (Lipinski definition) is 3. The van der Waals surface area contributed by atoms with Crippen molar-refractivity contribution < 1.29 is 8.42 Å². The molecule has 1 saturated carbocycles. The van der Waals surface area contributed by atoms with Crippen LogP contribution in [0.5, 0.6) is 0 Å². The summed E-state index contributed by atoms with van der Waals surface area (Å²) in [4.78, 5) is 0.416. The van der Waals surface area contributed by atoms with Gasteiger partial charge >= 0.3 is 0 Å². The molecule has 1 aromatic carbocycles. The Kier molecular flexibility index (Phi) is 4.81. The van der Waals surface area contributed by atoms with E-state index >= 15 is 0 Å². The molecule has 0 bridgehead atoms. The number of sulfonamides is 1. The van der Waals surface area contributed by atoms with Crippen LogP contribution in [0, 0.1) is 17.8 Å². The van der Waals surface area contributed by atoms with Crippen molar-refractivity contribution in [2.45, 2.75) is 50.5 Å². The zero-order valence-corrected chi connectivity index (χ0v) is 14.9. The molecule has 0 radical (unpaired) electrons. The topological polar surface area (TPSA) is 63.4 Å². The molecule has 0 spiro atoms. The van der Waals surface area contributed by atoms with E-state index in [1.165, 1.54) is 5.56 Å². The highest BCUT2D eigenvalue weighted by Gasteiger charge is 2.44. The Morgan fingerprint density at radius 3 is 2.48 bits per heavy atom. The molecular formula is C18H28N2O2S. The Morgan fingerprint density at radius 1 is 1.17 bits per heavy atom. The standard InChI is InChI=1S/C18H28N2O2S/c1-13(2)3-4-14-5-8-16(9-6-14)23(21,22)20-11-15-7-10-18(19)17(15)12-20/h5-6,8-9,13,15,17-18H,3-4,7,10-12,19H2,1-2H3. The van der Waals surface area contributed by atoms with Crippen LogP contribution in [0.1, 0.15) is 38.7 Å². The molecule has 1 heterocycles. The second kappa shape index (κ2) is 6.54. The normalized spacial score (nSPS) is 28.4. The van der Waals surface area contributed by atoms with E-state index in [1.807, 2.05) is 12.1 Å². The fourth-order valence-corrected chi connectivity index (χ4v) is 5.43. The smallest absolute Gasteiger partial charge is 0.243 e. The Balaban J connectivity index is 1.70. The molecule has 2 fully saturated rings.